The van der Waals surface area contributed by atoms with Gasteiger partial charge in [0.25, 0.3) is 0 Å². The van der Waals surface area contributed by atoms with Crippen LogP contribution in [0.2, 0.25) is 0 Å². The van der Waals surface area contributed by atoms with Crippen molar-refractivity contribution in [1.82, 2.24) is 0 Å². The van der Waals surface area contributed by atoms with E-state index in [1.54, 1.807) is 13.0 Å². The van der Waals surface area contributed by atoms with Gasteiger partial charge in [-0.05, 0) is 26.3 Å². The lowest BCUT2D eigenvalue weighted by molar-refractivity contribution is -0.130. The summed E-state index contributed by atoms with van der Waals surface area (Å²) in [7, 11) is 0. The number of carboxylic acids is 1. The van der Waals surface area contributed by atoms with Crippen LogP contribution in [0.15, 0.2) is 23.3 Å². The molecule has 2 heteroatoms. The van der Waals surface area contributed by atoms with Crippen molar-refractivity contribution in [2.24, 2.45) is 0 Å². The lowest BCUT2D eigenvalue weighted by Crippen LogP contribution is -1.86. The number of rotatable bonds is 1. The van der Waals surface area contributed by atoms with Crippen LogP contribution in [0.4, 0.5) is 0 Å². The molecular formula is C10H12O2. The summed E-state index contributed by atoms with van der Waals surface area (Å²) in [5.74, 6) is 3.45. The molecule has 0 aromatic rings. The first kappa shape index (κ1) is 10.5. The number of allylic oxidation sites excluding steroid dienone is 4. The molecule has 0 heterocycles. The lowest BCUT2D eigenvalue weighted by Gasteiger charge is -1.84. The van der Waals surface area contributed by atoms with Gasteiger partial charge in [0.05, 0.1) is 0 Å². The zero-order valence-electron chi connectivity index (χ0n) is 7.51. The van der Waals surface area contributed by atoms with Gasteiger partial charge in [0.15, 0.2) is 0 Å². The highest BCUT2D eigenvalue weighted by molar-refractivity contribution is 5.87. The van der Waals surface area contributed by atoms with Crippen LogP contribution < -0.4 is 0 Å². The second-order valence-electron chi connectivity index (χ2n) is 2.65. The molecular weight excluding hydrogens is 152 g/mol. The van der Waals surface area contributed by atoms with Gasteiger partial charge in [-0.25, -0.2) is 4.79 Å². The molecule has 0 bridgehead atoms. The van der Waals surface area contributed by atoms with E-state index in [0.29, 0.717) is 0 Å². The number of aliphatic carboxylic acids is 1. The maximum absolute atomic E-state index is 10.0. The van der Waals surface area contributed by atoms with E-state index in [1.807, 2.05) is 25.8 Å². The molecule has 0 spiro atoms. The molecule has 0 rings (SSSR count). The smallest absolute Gasteiger partial charge is 0.382 e. The van der Waals surface area contributed by atoms with Crippen LogP contribution in [0.25, 0.3) is 0 Å². The first-order valence-corrected chi connectivity index (χ1v) is 3.59. The topological polar surface area (TPSA) is 37.3 Å². The Morgan fingerprint density at radius 1 is 1.17 bits per heavy atom. The molecule has 0 amide bonds. The van der Waals surface area contributed by atoms with Gasteiger partial charge in [0, 0.05) is 5.92 Å². The lowest BCUT2D eigenvalue weighted by atomic mass is 10.2. The Morgan fingerprint density at radius 2 is 1.75 bits per heavy atom. The molecule has 0 aliphatic heterocycles. The standard InChI is InChI=1S/C10H12O2/c1-8(2)4-5-9(3)6-7-10(11)12/h4-5H,1-3H3,(H,11,12)/b9-5+. The predicted molar refractivity (Wildman–Crippen MR) is 48.6 cm³/mol. The Labute approximate surface area is 72.6 Å². The van der Waals surface area contributed by atoms with Crippen molar-refractivity contribution in [2.45, 2.75) is 20.8 Å². The van der Waals surface area contributed by atoms with Crippen LogP contribution in [0, 0.1) is 11.8 Å². The molecule has 0 radical (unpaired) electrons. The molecule has 0 saturated carbocycles. The maximum Gasteiger partial charge on any atom is 0.382 e. The summed E-state index contributed by atoms with van der Waals surface area (Å²) in [6.45, 7) is 5.71. The Morgan fingerprint density at radius 3 is 2.17 bits per heavy atom. The Hall–Kier alpha value is -1.49. The van der Waals surface area contributed by atoms with E-state index in [4.69, 9.17) is 5.11 Å². The average molecular weight is 164 g/mol. The van der Waals surface area contributed by atoms with Crippen LogP contribution in [0.5, 0.6) is 0 Å². The highest BCUT2D eigenvalue weighted by Crippen LogP contribution is 1.94. The predicted octanol–water partition coefficient (Wildman–Crippen LogP) is 1.99. The average Bonchev–Trinajstić information content (AvgIpc) is 1.96. The quantitative estimate of drug-likeness (QED) is 0.475. The SMILES string of the molecule is CC(C)=C/C=C(\C)C#CC(=O)O. The van der Waals surface area contributed by atoms with Crippen molar-refractivity contribution in [3.8, 4) is 11.8 Å². The van der Waals surface area contributed by atoms with E-state index >= 15 is 0 Å². The van der Waals surface area contributed by atoms with E-state index in [2.05, 4.69) is 5.92 Å². The van der Waals surface area contributed by atoms with Gasteiger partial charge in [-0.15, -0.1) is 0 Å². The zero-order valence-corrected chi connectivity index (χ0v) is 7.51. The van der Waals surface area contributed by atoms with Gasteiger partial charge in [-0.2, -0.15) is 0 Å². The molecule has 0 aliphatic carbocycles. The first-order valence-electron chi connectivity index (χ1n) is 3.59. The Bertz CT molecular complexity index is 281. The monoisotopic (exact) mass is 164 g/mol. The maximum atomic E-state index is 10.0. The third-order valence-corrected chi connectivity index (χ3v) is 1.03. The van der Waals surface area contributed by atoms with Crippen LogP contribution in [0.3, 0.4) is 0 Å². The van der Waals surface area contributed by atoms with E-state index in [0.717, 1.165) is 11.1 Å². The van der Waals surface area contributed by atoms with Crippen LogP contribution in [0.1, 0.15) is 20.8 Å². The number of hydrogen-bond donors (Lipinski definition) is 1. The molecule has 0 aromatic carbocycles. The largest absolute Gasteiger partial charge is 0.472 e. The minimum Gasteiger partial charge on any atom is -0.472 e. The van der Waals surface area contributed by atoms with Crippen molar-refractivity contribution >= 4 is 5.97 Å². The molecule has 0 saturated heterocycles. The summed E-state index contributed by atoms with van der Waals surface area (Å²) < 4.78 is 0. The van der Waals surface area contributed by atoms with Gasteiger partial charge in [0.1, 0.15) is 0 Å². The summed E-state index contributed by atoms with van der Waals surface area (Å²) >= 11 is 0. The van der Waals surface area contributed by atoms with E-state index in [-0.39, 0.29) is 0 Å². The Kier molecular flexibility index (Phi) is 4.55. The van der Waals surface area contributed by atoms with E-state index in [9.17, 15) is 4.79 Å². The summed E-state index contributed by atoms with van der Waals surface area (Å²) in [5.41, 5.74) is 1.91. The van der Waals surface area contributed by atoms with Crippen molar-refractivity contribution in [2.75, 3.05) is 0 Å². The van der Waals surface area contributed by atoms with Crippen molar-refractivity contribution in [3.63, 3.8) is 0 Å². The summed E-state index contributed by atoms with van der Waals surface area (Å²) in [4.78, 5) is 10.0. The molecule has 0 aliphatic rings. The van der Waals surface area contributed by atoms with E-state index in [1.165, 1.54) is 0 Å². The van der Waals surface area contributed by atoms with Crippen molar-refractivity contribution < 1.29 is 9.90 Å². The number of hydrogen-bond acceptors (Lipinski definition) is 1. The fourth-order valence-electron chi connectivity index (χ4n) is 0.485. The summed E-state index contributed by atoms with van der Waals surface area (Å²) in [6, 6.07) is 0. The fraction of sp³-hybridized carbons (Fsp3) is 0.300. The Balaban J connectivity index is 4.34. The van der Waals surface area contributed by atoms with Gasteiger partial charge < -0.3 is 5.11 Å². The highest BCUT2D eigenvalue weighted by atomic mass is 16.4. The molecule has 64 valence electrons. The molecule has 0 unspecified atom stereocenters. The fourth-order valence-corrected chi connectivity index (χ4v) is 0.485. The van der Waals surface area contributed by atoms with Gasteiger partial charge in [0.2, 0.25) is 0 Å². The van der Waals surface area contributed by atoms with Crippen LogP contribution in [-0.2, 0) is 4.79 Å². The summed E-state index contributed by atoms with van der Waals surface area (Å²) in [5, 5.41) is 8.22. The molecule has 0 fully saturated rings. The molecule has 12 heavy (non-hydrogen) atoms. The third-order valence-electron chi connectivity index (χ3n) is 1.03. The zero-order chi connectivity index (χ0) is 9.56. The van der Waals surface area contributed by atoms with Crippen molar-refractivity contribution in [1.29, 1.82) is 0 Å². The normalized spacial score (nSPS) is 9.75. The minimum atomic E-state index is -1.10. The third kappa shape index (κ3) is 6.63. The van der Waals surface area contributed by atoms with Crippen molar-refractivity contribution in [3.05, 3.63) is 23.3 Å². The number of carbonyl (C=O) groups is 1. The van der Waals surface area contributed by atoms with Gasteiger partial charge in [-0.1, -0.05) is 23.6 Å². The second-order valence-corrected chi connectivity index (χ2v) is 2.65. The highest BCUT2D eigenvalue weighted by Gasteiger charge is 1.83. The second kappa shape index (κ2) is 5.20. The molecule has 2 nitrogen and oxygen atoms in total. The molecule has 1 N–H and O–H groups in total. The van der Waals surface area contributed by atoms with Gasteiger partial charge >= 0.3 is 5.97 Å². The van der Waals surface area contributed by atoms with E-state index < -0.39 is 5.97 Å². The molecule has 0 aromatic heterocycles. The summed E-state index contributed by atoms with van der Waals surface area (Å²) in [6.07, 6.45) is 3.69. The van der Waals surface area contributed by atoms with Crippen LogP contribution in [-0.4, -0.2) is 11.1 Å². The van der Waals surface area contributed by atoms with Gasteiger partial charge in [-0.3, -0.25) is 0 Å². The minimum absolute atomic E-state index is 0.749. The molecule has 0 atom stereocenters. The first-order chi connectivity index (χ1) is 5.52. The number of carboxylic acid groups (broad SMARTS) is 1. The van der Waals surface area contributed by atoms with Crippen LogP contribution >= 0.6 is 0 Å².